The molecule has 7 heteroatoms. The summed E-state index contributed by atoms with van der Waals surface area (Å²) in [6.07, 6.45) is 6.31. The zero-order valence-electron chi connectivity index (χ0n) is 18.1. The van der Waals surface area contributed by atoms with Crippen molar-refractivity contribution in [3.8, 4) is 0 Å². The molecule has 2 heterocycles. The maximum Gasteiger partial charge on any atom is 0.231 e. The summed E-state index contributed by atoms with van der Waals surface area (Å²) in [5.74, 6) is 1.62. The molecular weight excluding hydrogens is 410 g/mol. The molecule has 31 heavy (non-hydrogen) atoms. The highest BCUT2D eigenvalue weighted by molar-refractivity contribution is 6.30. The Morgan fingerprint density at radius 3 is 2.58 bits per heavy atom. The zero-order valence-corrected chi connectivity index (χ0v) is 18.8. The number of hydrogen-bond acceptors (Lipinski definition) is 5. The third kappa shape index (κ3) is 4.41. The summed E-state index contributed by atoms with van der Waals surface area (Å²) in [5, 5.41) is 4.25. The van der Waals surface area contributed by atoms with Gasteiger partial charge in [0.25, 0.3) is 0 Å². The first-order valence-electron chi connectivity index (χ1n) is 11.5. The lowest BCUT2D eigenvalue weighted by atomic mass is 9.97. The molecule has 1 aromatic carbocycles. The Hall–Kier alpha value is -2.18. The Morgan fingerprint density at radius 2 is 1.87 bits per heavy atom. The molecule has 0 radical (unpaired) electrons. The van der Waals surface area contributed by atoms with Crippen molar-refractivity contribution in [3.63, 3.8) is 0 Å². The molecule has 0 unspecified atom stereocenters. The Labute approximate surface area is 189 Å². The number of benzene rings is 1. The van der Waals surface area contributed by atoms with Gasteiger partial charge in [-0.2, -0.15) is 0 Å². The van der Waals surface area contributed by atoms with Gasteiger partial charge < -0.3 is 15.1 Å². The van der Waals surface area contributed by atoms with E-state index in [0.717, 1.165) is 50.4 Å². The lowest BCUT2D eigenvalue weighted by Crippen LogP contribution is -2.51. The predicted octanol–water partition coefficient (Wildman–Crippen LogP) is 3.36. The molecule has 0 spiro atoms. The normalized spacial score (nSPS) is 21.8. The summed E-state index contributed by atoms with van der Waals surface area (Å²) < 4.78 is 0. The summed E-state index contributed by atoms with van der Waals surface area (Å²) >= 11 is 6.08. The van der Waals surface area contributed by atoms with Crippen LogP contribution in [0.3, 0.4) is 0 Å². The minimum atomic E-state index is -0.173. The van der Waals surface area contributed by atoms with Gasteiger partial charge in [0.2, 0.25) is 5.91 Å². The predicted molar refractivity (Wildman–Crippen MR) is 123 cm³/mol. The van der Waals surface area contributed by atoms with Crippen molar-refractivity contribution >= 4 is 23.3 Å². The summed E-state index contributed by atoms with van der Waals surface area (Å²) in [6.45, 7) is 6.01. The number of aryl methyl sites for hydroxylation is 1. The third-order valence-corrected chi connectivity index (χ3v) is 7.15. The molecule has 1 amide bonds. The Kier molecular flexibility index (Phi) is 5.85. The molecule has 1 N–H and O–H groups in total. The van der Waals surface area contributed by atoms with Gasteiger partial charge in [0.15, 0.2) is 0 Å². The Bertz CT molecular complexity index is 937. The van der Waals surface area contributed by atoms with Gasteiger partial charge in [-0.15, -0.1) is 0 Å². The van der Waals surface area contributed by atoms with Crippen LogP contribution in [-0.4, -0.2) is 59.5 Å². The standard InChI is InChI=1S/C24H30ClN5O/c1-16-2-9-21-22(16)23(28-15-27-21)29-10-12-30(13-11-29)24(31)20(14-26-19-7-8-19)17-3-5-18(25)6-4-17/h3-6,15-16,19-20,26H,2,7-14H2,1H3/t16-,20-/m1/s1. The summed E-state index contributed by atoms with van der Waals surface area (Å²) in [5.41, 5.74) is 3.55. The van der Waals surface area contributed by atoms with E-state index in [0.29, 0.717) is 23.5 Å². The Balaban J connectivity index is 1.28. The van der Waals surface area contributed by atoms with Crippen LogP contribution in [0.15, 0.2) is 30.6 Å². The van der Waals surface area contributed by atoms with Crippen LogP contribution in [0.25, 0.3) is 0 Å². The number of carbonyl (C=O) groups is 1. The van der Waals surface area contributed by atoms with E-state index in [-0.39, 0.29) is 11.8 Å². The van der Waals surface area contributed by atoms with Gasteiger partial charge >= 0.3 is 0 Å². The first-order chi connectivity index (χ1) is 15.1. The number of nitrogens with zero attached hydrogens (tertiary/aromatic N) is 4. The van der Waals surface area contributed by atoms with Crippen molar-refractivity contribution in [1.82, 2.24) is 20.2 Å². The largest absolute Gasteiger partial charge is 0.353 e. The van der Waals surface area contributed by atoms with Crippen LogP contribution >= 0.6 is 11.6 Å². The SMILES string of the molecule is C[C@@H]1CCc2ncnc(N3CCN(C(=O)[C@H](CNC4CC4)c4ccc(Cl)cc4)CC3)c21. The lowest BCUT2D eigenvalue weighted by molar-refractivity contribution is -0.133. The van der Waals surface area contributed by atoms with Gasteiger partial charge in [0.05, 0.1) is 5.92 Å². The zero-order chi connectivity index (χ0) is 21.4. The van der Waals surface area contributed by atoms with E-state index in [1.54, 1.807) is 6.33 Å². The maximum absolute atomic E-state index is 13.5. The molecular formula is C24H30ClN5O. The van der Waals surface area contributed by atoms with Crippen LogP contribution < -0.4 is 10.2 Å². The van der Waals surface area contributed by atoms with Gasteiger partial charge in [-0.3, -0.25) is 4.79 Å². The second-order valence-corrected chi connectivity index (χ2v) is 9.53. The van der Waals surface area contributed by atoms with Crippen LogP contribution in [-0.2, 0) is 11.2 Å². The highest BCUT2D eigenvalue weighted by Crippen LogP contribution is 2.37. The minimum absolute atomic E-state index is 0.173. The molecule has 5 rings (SSSR count). The van der Waals surface area contributed by atoms with Gasteiger partial charge in [-0.25, -0.2) is 9.97 Å². The summed E-state index contributed by atoms with van der Waals surface area (Å²) in [4.78, 5) is 27.0. The van der Waals surface area contributed by atoms with Crippen molar-refractivity contribution in [2.45, 2.75) is 50.5 Å². The van der Waals surface area contributed by atoms with E-state index >= 15 is 0 Å². The number of rotatable bonds is 6. The summed E-state index contributed by atoms with van der Waals surface area (Å²) in [6, 6.07) is 8.30. The highest BCUT2D eigenvalue weighted by atomic mass is 35.5. The van der Waals surface area contributed by atoms with Crippen molar-refractivity contribution in [2.75, 3.05) is 37.6 Å². The molecule has 1 aromatic heterocycles. The van der Waals surface area contributed by atoms with E-state index in [2.05, 4.69) is 27.1 Å². The molecule has 2 aromatic rings. The van der Waals surface area contributed by atoms with Crippen LogP contribution in [0.1, 0.15) is 54.8 Å². The van der Waals surface area contributed by atoms with Crippen LogP contribution in [0.4, 0.5) is 5.82 Å². The van der Waals surface area contributed by atoms with E-state index in [1.807, 2.05) is 29.2 Å². The number of halogens is 1. The minimum Gasteiger partial charge on any atom is -0.353 e. The molecule has 2 fully saturated rings. The second kappa shape index (κ2) is 8.75. The molecule has 1 saturated heterocycles. The van der Waals surface area contributed by atoms with E-state index in [4.69, 9.17) is 11.6 Å². The number of piperazine rings is 1. The number of amides is 1. The first kappa shape index (κ1) is 20.7. The van der Waals surface area contributed by atoms with Crippen LogP contribution in [0.2, 0.25) is 5.02 Å². The number of nitrogens with one attached hydrogen (secondary N) is 1. The van der Waals surface area contributed by atoms with Crippen LogP contribution in [0, 0.1) is 0 Å². The van der Waals surface area contributed by atoms with E-state index in [9.17, 15) is 4.79 Å². The fourth-order valence-electron chi connectivity index (χ4n) is 4.85. The molecule has 3 aliphatic rings. The van der Waals surface area contributed by atoms with Gasteiger partial charge in [0, 0.05) is 55.0 Å². The highest BCUT2D eigenvalue weighted by Gasteiger charge is 2.33. The quantitative estimate of drug-likeness (QED) is 0.747. The molecule has 2 atom stereocenters. The van der Waals surface area contributed by atoms with Gasteiger partial charge in [0.1, 0.15) is 12.1 Å². The molecule has 2 aliphatic carbocycles. The summed E-state index contributed by atoms with van der Waals surface area (Å²) in [7, 11) is 0. The number of hydrogen-bond donors (Lipinski definition) is 1. The van der Waals surface area contributed by atoms with Crippen molar-refractivity contribution in [3.05, 3.63) is 52.4 Å². The molecule has 0 bridgehead atoms. The second-order valence-electron chi connectivity index (χ2n) is 9.10. The van der Waals surface area contributed by atoms with Gasteiger partial charge in [-0.05, 0) is 49.3 Å². The molecule has 164 valence electrons. The number of carbonyl (C=O) groups excluding carboxylic acids is 1. The molecule has 6 nitrogen and oxygen atoms in total. The molecule has 1 aliphatic heterocycles. The van der Waals surface area contributed by atoms with Crippen molar-refractivity contribution < 1.29 is 4.79 Å². The van der Waals surface area contributed by atoms with Crippen LogP contribution in [0.5, 0.6) is 0 Å². The topological polar surface area (TPSA) is 61.4 Å². The van der Waals surface area contributed by atoms with E-state index in [1.165, 1.54) is 24.1 Å². The molecule has 1 saturated carbocycles. The Morgan fingerprint density at radius 1 is 1.13 bits per heavy atom. The maximum atomic E-state index is 13.5. The average molecular weight is 440 g/mol. The van der Waals surface area contributed by atoms with Crippen molar-refractivity contribution in [1.29, 1.82) is 0 Å². The number of aromatic nitrogens is 2. The fourth-order valence-corrected chi connectivity index (χ4v) is 4.97. The van der Waals surface area contributed by atoms with Gasteiger partial charge in [-0.1, -0.05) is 30.7 Å². The number of fused-ring (bicyclic) bond motifs is 1. The fraction of sp³-hybridized carbons (Fsp3) is 0.542. The first-order valence-corrected chi connectivity index (χ1v) is 11.8. The average Bonchev–Trinajstić information content (AvgIpc) is 3.55. The lowest BCUT2D eigenvalue weighted by Gasteiger charge is -2.38. The third-order valence-electron chi connectivity index (χ3n) is 6.90. The number of anilines is 1. The van der Waals surface area contributed by atoms with Crippen molar-refractivity contribution in [2.24, 2.45) is 0 Å². The monoisotopic (exact) mass is 439 g/mol. The smallest absolute Gasteiger partial charge is 0.231 e. The van der Waals surface area contributed by atoms with E-state index < -0.39 is 0 Å².